The predicted molar refractivity (Wildman–Crippen MR) is 121 cm³/mol. The molecule has 3 aromatic carbocycles. The van der Waals surface area contributed by atoms with E-state index in [1.165, 1.54) is 17.7 Å². The monoisotopic (exact) mass is 412 g/mol. The van der Waals surface area contributed by atoms with Crippen LogP contribution in [0.3, 0.4) is 0 Å². The molecule has 1 heterocycles. The van der Waals surface area contributed by atoms with Crippen LogP contribution >= 0.6 is 0 Å². The smallest absolute Gasteiger partial charge is 0.255 e. The number of aromatic nitrogens is 2. The van der Waals surface area contributed by atoms with Crippen LogP contribution in [0.25, 0.3) is 11.4 Å². The van der Waals surface area contributed by atoms with Crippen molar-refractivity contribution >= 4 is 23.1 Å². The summed E-state index contributed by atoms with van der Waals surface area (Å²) in [6, 6.07) is 22.7. The summed E-state index contributed by atoms with van der Waals surface area (Å²) in [5.41, 5.74) is 3.93. The van der Waals surface area contributed by atoms with Crippen molar-refractivity contribution in [3.05, 3.63) is 102 Å². The van der Waals surface area contributed by atoms with E-state index in [9.17, 15) is 9.18 Å². The summed E-state index contributed by atoms with van der Waals surface area (Å²) in [7, 11) is 0. The molecule has 0 fully saturated rings. The van der Waals surface area contributed by atoms with Gasteiger partial charge in [0.15, 0.2) is 5.82 Å². The van der Waals surface area contributed by atoms with Gasteiger partial charge in [0.1, 0.15) is 11.6 Å². The highest BCUT2D eigenvalue weighted by Crippen LogP contribution is 2.21. The highest BCUT2D eigenvalue weighted by atomic mass is 19.1. The molecule has 0 saturated carbocycles. The van der Waals surface area contributed by atoms with Crippen LogP contribution in [0.2, 0.25) is 0 Å². The summed E-state index contributed by atoms with van der Waals surface area (Å²) in [6.07, 6.45) is 2.58. The number of anilines is 3. The molecule has 0 atom stereocenters. The van der Waals surface area contributed by atoms with E-state index in [0.29, 0.717) is 22.8 Å². The second kappa shape index (κ2) is 9.17. The number of benzene rings is 3. The lowest BCUT2D eigenvalue weighted by molar-refractivity contribution is 0.102. The van der Waals surface area contributed by atoms with E-state index in [4.69, 9.17) is 0 Å². The van der Waals surface area contributed by atoms with Gasteiger partial charge in [-0.1, -0.05) is 25.1 Å². The predicted octanol–water partition coefficient (Wildman–Crippen LogP) is 5.84. The number of hydrogen-bond acceptors (Lipinski definition) is 4. The molecule has 5 nitrogen and oxygen atoms in total. The molecule has 0 aliphatic rings. The number of amides is 1. The quantitative estimate of drug-likeness (QED) is 0.417. The first-order chi connectivity index (χ1) is 15.1. The summed E-state index contributed by atoms with van der Waals surface area (Å²) in [4.78, 5) is 21.4. The third-order valence-electron chi connectivity index (χ3n) is 4.78. The molecule has 6 heteroatoms. The highest BCUT2D eigenvalue weighted by Gasteiger charge is 2.08. The van der Waals surface area contributed by atoms with E-state index in [1.807, 2.05) is 30.3 Å². The first-order valence-corrected chi connectivity index (χ1v) is 9.97. The Kier molecular flexibility index (Phi) is 5.98. The Hall–Kier alpha value is -4.06. The van der Waals surface area contributed by atoms with Crippen molar-refractivity contribution < 1.29 is 9.18 Å². The molecule has 31 heavy (non-hydrogen) atoms. The Morgan fingerprint density at radius 2 is 1.71 bits per heavy atom. The van der Waals surface area contributed by atoms with Gasteiger partial charge >= 0.3 is 0 Å². The average molecular weight is 412 g/mol. The Morgan fingerprint density at radius 3 is 2.45 bits per heavy atom. The number of carbonyl (C=O) groups is 1. The highest BCUT2D eigenvalue weighted by molar-refractivity contribution is 6.04. The molecule has 0 aliphatic heterocycles. The van der Waals surface area contributed by atoms with Crippen molar-refractivity contribution in [3.63, 3.8) is 0 Å². The molecule has 0 aliphatic carbocycles. The van der Waals surface area contributed by atoms with Gasteiger partial charge in [0.2, 0.25) is 0 Å². The summed E-state index contributed by atoms with van der Waals surface area (Å²) in [6.45, 7) is 2.09. The van der Waals surface area contributed by atoms with Crippen LogP contribution in [0.4, 0.5) is 21.6 Å². The van der Waals surface area contributed by atoms with Gasteiger partial charge in [0, 0.05) is 28.7 Å². The number of rotatable bonds is 6. The van der Waals surface area contributed by atoms with Crippen molar-refractivity contribution in [1.29, 1.82) is 0 Å². The van der Waals surface area contributed by atoms with Crippen LogP contribution in [0, 0.1) is 5.82 Å². The SMILES string of the molecule is CCc1ccc(NC(=O)c2cccc(Nc3ccnc(-c4ccc(F)cc4)n3)c2)cc1. The molecule has 1 aromatic heterocycles. The molecule has 0 bridgehead atoms. The largest absolute Gasteiger partial charge is 0.340 e. The second-order valence-corrected chi connectivity index (χ2v) is 6.98. The first kappa shape index (κ1) is 20.2. The van der Waals surface area contributed by atoms with Crippen LogP contribution in [0.5, 0.6) is 0 Å². The molecule has 0 unspecified atom stereocenters. The van der Waals surface area contributed by atoms with E-state index in [-0.39, 0.29) is 11.7 Å². The van der Waals surface area contributed by atoms with Gasteiger partial charge in [-0.15, -0.1) is 0 Å². The summed E-state index contributed by atoms with van der Waals surface area (Å²) in [5.74, 6) is 0.550. The third kappa shape index (κ3) is 5.11. The molecule has 4 rings (SSSR count). The van der Waals surface area contributed by atoms with Gasteiger partial charge < -0.3 is 10.6 Å². The van der Waals surface area contributed by atoms with E-state index in [1.54, 1.807) is 42.6 Å². The number of nitrogens with zero attached hydrogens (tertiary/aromatic N) is 2. The minimum atomic E-state index is -0.311. The number of hydrogen-bond donors (Lipinski definition) is 2. The Morgan fingerprint density at radius 1 is 0.935 bits per heavy atom. The van der Waals surface area contributed by atoms with Crippen LogP contribution in [0.15, 0.2) is 85.1 Å². The maximum Gasteiger partial charge on any atom is 0.255 e. The molecule has 0 radical (unpaired) electrons. The average Bonchev–Trinajstić information content (AvgIpc) is 2.80. The third-order valence-corrected chi connectivity index (χ3v) is 4.78. The van der Waals surface area contributed by atoms with E-state index >= 15 is 0 Å². The van der Waals surface area contributed by atoms with E-state index in [0.717, 1.165) is 17.8 Å². The van der Waals surface area contributed by atoms with E-state index in [2.05, 4.69) is 27.5 Å². The minimum Gasteiger partial charge on any atom is -0.340 e. The lowest BCUT2D eigenvalue weighted by atomic mass is 10.1. The van der Waals surface area contributed by atoms with Crippen molar-refractivity contribution in [2.75, 3.05) is 10.6 Å². The topological polar surface area (TPSA) is 66.9 Å². The van der Waals surface area contributed by atoms with Gasteiger partial charge in [0.25, 0.3) is 5.91 Å². The van der Waals surface area contributed by atoms with Crippen molar-refractivity contribution in [2.45, 2.75) is 13.3 Å². The summed E-state index contributed by atoms with van der Waals surface area (Å²) >= 11 is 0. The number of aryl methyl sites for hydroxylation is 1. The fourth-order valence-electron chi connectivity index (χ4n) is 3.08. The zero-order valence-corrected chi connectivity index (χ0v) is 17.0. The lowest BCUT2D eigenvalue weighted by Gasteiger charge is -2.10. The van der Waals surface area contributed by atoms with Gasteiger partial charge in [-0.2, -0.15) is 0 Å². The van der Waals surface area contributed by atoms with Crippen molar-refractivity contribution in [1.82, 2.24) is 9.97 Å². The fraction of sp³-hybridized carbons (Fsp3) is 0.0800. The standard InChI is InChI=1S/C25H21FN4O/c1-2-17-6-12-21(13-7-17)29-25(31)19-4-3-5-22(16-19)28-23-14-15-27-24(30-23)18-8-10-20(26)11-9-18/h3-16H,2H2,1H3,(H,29,31)(H,27,28,30). The van der Waals surface area contributed by atoms with Crippen LogP contribution < -0.4 is 10.6 Å². The molecule has 154 valence electrons. The molecular weight excluding hydrogens is 391 g/mol. The lowest BCUT2D eigenvalue weighted by Crippen LogP contribution is -2.12. The second-order valence-electron chi connectivity index (χ2n) is 6.98. The zero-order chi connectivity index (χ0) is 21.6. The maximum atomic E-state index is 13.2. The molecule has 2 N–H and O–H groups in total. The van der Waals surface area contributed by atoms with Gasteiger partial charge in [-0.3, -0.25) is 4.79 Å². The van der Waals surface area contributed by atoms with E-state index < -0.39 is 0 Å². The number of carbonyl (C=O) groups excluding carboxylic acids is 1. The minimum absolute atomic E-state index is 0.192. The molecule has 4 aromatic rings. The van der Waals surface area contributed by atoms with Gasteiger partial charge in [0.05, 0.1) is 0 Å². The number of nitrogens with one attached hydrogen (secondary N) is 2. The number of halogens is 1. The zero-order valence-electron chi connectivity index (χ0n) is 17.0. The first-order valence-electron chi connectivity index (χ1n) is 9.97. The van der Waals surface area contributed by atoms with Crippen LogP contribution in [0.1, 0.15) is 22.8 Å². The maximum absolute atomic E-state index is 13.2. The van der Waals surface area contributed by atoms with Crippen molar-refractivity contribution in [2.24, 2.45) is 0 Å². The van der Waals surface area contributed by atoms with Gasteiger partial charge in [-0.25, -0.2) is 14.4 Å². The molecule has 0 saturated heterocycles. The van der Waals surface area contributed by atoms with Crippen LogP contribution in [-0.2, 0) is 6.42 Å². The molecule has 0 spiro atoms. The normalized spacial score (nSPS) is 10.5. The van der Waals surface area contributed by atoms with Crippen LogP contribution in [-0.4, -0.2) is 15.9 Å². The Bertz CT molecular complexity index is 1190. The fourth-order valence-corrected chi connectivity index (χ4v) is 3.08. The molecule has 1 amide bonds. The van der Waals surface area contributed by atoms with Crippen molar-refractivity contribution in [3.8, 4) is 11.4 Å². The Labute approximate surface area is 180 Å². The summed E-state index contributed by atoms with van der Waals surface area (Å²) < 4.78 is 13.2. The van der Waals surface area contributed by atoms with Gasteiger partial charge in [-0.05, 0) is 72.6 Å². The Balaban J connectivity index is 1.48. The molecular formula is C25H21FN4O. The summed E-state index contributed by atoms with van der Waals surface area (Å²) in [5, 5.41) is 6.11.